The van der Waals surface area contributed by atoms with Crippen molar-refractivity contribution in [2.24, 2.45) is 7.05 Å². The first-order valence-electron chi connectivity index (χ1n) is 8.15. The first-order valence-corrected chi connectivity index (χ1v) is 8.15. The lowest BCUT2D eigenvalue weighted by Gasteiger charge is -2.36. The van der Waals surface area contributed by atoms with Gasteiger partial charge >= 0.3 is 0 Å². The third-order valence-corrected chi connectivity index (χ3v) is 4.51. The van der Waals surface area contributed by atoms with E-state index < -0.39 is 0 Å². The molecule has 1 saturated heterocycles. The van der Waals surface area contributed by atoms with Crippen LogP contribution in [0.2, 0.25) is 0 Å². The summed E-state index contributed by atoms with van der Waals surface area (Å²) in [5.41, 5.74) is 1.78. The first-order chi connectivity index (χ1) is 11.7. The van der Waals surface area contributed by atoms with Crippen LogP contribution in [-0.4, -0.2) is 45.4 Å². The highest BCUT2D eigenvalue weighted by Crippen LogP contribution is 2.18. The molecule has 0 amide bonds. The smallest absolute Gasteiger partial charge is 0.277 e. The standard InChI is InChI=1S/C17H20N6O/c1-22-16(24)14-11-19-17(20-15(14)21-22)23-8-7-18-10-13(23)9-12-5-3-2-4-6-12/h2-6,11,13,18H,7-10H2,1H3,(H,19,20,21). The van der Waals surface area contributed by atoms with Crippen LogP contribution in [-0.2, 0) is 13.5 Å². The fourth-order valence-corrected chi connectivity index (χ4v) is 3.24. The Hall–Kier alpha value is -2.67. The maximum Gasteiger partial charge on any atom is 0.277 e. The van der Waals surface area contributed by atoms with E-state index in [4.69, 9.17) is 0 Å². The third kappa shape index (κ3) is 2.67. The van der Waals surface area contributed by atoms with Crippen molar-refractivity contribution in [3.63, 3.8) is 0 Å². The lowest BCUT2D eigenvalue weighted by Crippen LogP contribution is -2.53. The average Bonchev–Trinajstić information content (AvgIpc) is 2.90. The van der Waals surface area contributed by atoms with Crippen LogP contribution >= 0.6 is 0 Å². The molecular formula is C17H20N6O. The van der Waals surface area contributed by atoms with Gasteiger partial charge in [0.1, 0.15) is 5.39 Å². The summed E-state index contributed by atoms with van der Waals surface area (Å²) in [5.74, 6) is 0.673. The number of piperazine rings is 1. The van der Waals surface area contributed by atoms with Crippen LogP contribution < -0.4 is 15.8 Å². The third-order valence-electron chi connectivity index (χ3n) is 4.51. The summed E-state index contributed by atoms with van der Waals surface area (Å²) in [6, 6.07) is 10.7. The Labute approximate surface area is 139 Å². The van der Waals surface area contributed by atoms with E-state index in [1.807, 2.05) is 6.07 Å². The zero-order chi connectivity index (χ0) is 16.5. The number of rotatable bonds is 3. The summed E-state index contributed by atoms with van der Waals surface area (Å²) in [6.07, 6.45) is 2.55. The molecule has 0 saturated carbocycles. The molecule has 1 aliphatic rings. The van der Waals surface area contributed by atoms with Crippen molar-refractivity contribution in [3.05, 3.63) is 52.4 Å². The van der Waals surface area contributed by atoms with E-state index in [0.717, 1.165) is 26.1 Å². The molecule has 0 spiro atoms. The molecule has 1 fully saturated rings. The molecule has 0 bridgehead atoms. The molecule has 2 N–H and O–H groups in total. The van der Waals surface area contributed by atoms with Crippen LogP contribution in [0, 0.1) is 0 Å². The number of benzene rings is 1. The van der Waals surface area contributed by atoms with Crippen LogP contribution in [0.25, 0.3) is 11.0 Å². The number of hydrogen-bond donors (Lipinski definition) is 2. The molecule has 124 valence electrons. The van der Waals surface area contributed by atoms with Gasteiger partial charge in [-0.25, -0.2) is 4.98 Å². The predicted molar refractivity (Wildman–Crippen MR) is 93.3 cm³/mol. The van der Waals surface area contributed by atoms with Crippen LogP contribution in [0.1, 0.15) is 5.56 Å². The lowest BCUT2D eigenvalue weighted by molar-refractivity contribution is 0.467. The summed E-state index contributed by atoms with van der Waals surface area (Å²) in [7, 11) is 1.69. The summed E-state index contributed by atoms with van der Waals surface area (Å²) >= 11 is 0. The number of aromatic nitrogens is 4. The molecule has 4 rings (SSSR count). The quantitative estimate of drug-likeness (QED) is 0.741. The molecule has 7 heteroatoms. The number of nitrogens with zero attached hydrogens (tertiary/aromatic N) is 4. The van der Waals surface area contributed by atoms with Crippen molar-refractivity contribution in [1.29, 1.82) is 0 Å². The van der Waals surface area contributed by atoms with Crippen molar-refractivity contribution in [2.45, 2.75) is 12.5 Å². The Morgan fingerprint density at radius 2 is 2.12 bits per heavy atom. The average molecular weight is 324 g/mol. The molecule has 1 unspecified atom stereocenters. The fraction of sp³-hybridized carbons (Fsp3) is 0.353. The van der Waals surface area contributed by atoms with Gasteiger partial charge in [0, 0.05) is 38.9 Å². The Balaban J connectivity index is 1.66. The Bertz CT molecular complexity index is 900. The predicted octanol–water partition coefficient (Wildman–Crippen LogP) is 0.677. The number of aryl methyl sites for hydroxylation is 1. The van der Waals surface area contributed by atoms with E-state index >= 15 is 0 Å². The van der Waals surface area contributed by atoms with Gasteiger partial charge < -0.3 is 10.2 Å². The van der Waals surface area contributed by atoms with Gasteiger partial charge in [-0.1, -0.05) is 30.3 Å². The normalized spacial score (nSPS) is 18.2. The van der Waals surface area contributed by atoms with Crippen molar-refractivity contribution in [2.75, 3.05) is 24.5 Å². The van der Waals surface area contributed by atoms with E-state index in [1.165, 1.54) is 10.2 Å². The molecule has 1 atom stereocenters. The molecule has 1 aromatic carbocycles. The Morgan fingerprint density at radius 1 is 1.29 bits per heavy atom. The highest BCUT2D eigenvalue weighted by molar-refractivity contribution is 5.73. The van der Waals surface area contributed by atoms with Gasteiger partial charge in [0.05, 0.1) is 0 Å². The van der Waals surface area contributed by atoms with Gasteiger partial charge in [-0.3, -0.25) is 14.6 Å². The molecule has 24 heavy (non-hydrogen) atoms. The van der Waals surface area contributed by atoms with Gasteiger partial charge in [0.15, 0.2) is 5.65 Å². The van der Waals surface area contributed by atoms with E-state index in [-0.39, 0.29) is 11.6 Å². The van der Waals surface area contributed by atoms with Gasteiger partial charge in [-0.2, -0.15) is 4.98 Å². The number of anilines is 1. The highest BCUT2D eigenvalue weighted by atomic mass is 16.1. The monoisotopic (exact) mass is 324 g/mol. The second kappa shape index (κ2) is 6.09. The molecular weight excluding hydrogens is 304 g/mol. The fourth-order valence-electron chi connectivity index (χ4n) is 3.24. The highest BCUT2D eigenvalue weighted by Gasteiger charge is 2.25. The van der Waals surface area contributed by atoms with Gasteiger partial charge in [-0.15, -0.1) is 0 Å². The van der Waals surface area contributed by atoms with E-state index in [2.05, 4.69) is 49.5 Å². The first kappa shape index (κ1) is 14.9. The summed E-state index contributed by atoms with van der Waals surface area (Å²) in [5, 5.41) is 6.95. The summed E-state index contributed by atoms with van der Waals surface area (Å²) in [4.78, 5) is 23.2. The maximum atomic E-state index is 11.9. The van der Waals surface area contributed by atoms with Gasteiger partial charge in [0.25, 0.3) is 5.56 Å². The minimum atomic E-state index is -0.0994. The number of fused-ring (bicyclic) bond motifs is 1. The SMILES string of the molecule is Cn1[nH]c2nc(N3CCNCC3Cc3ccccc3)ncc2c1=O. The van der Waals surface area contributed by atoms with E-state index in [1.54, 1.807) is 13.2 Å². The molecule has 1 aliphatic heterocycles. The number of H-pyrrole nitrogens is 1. The summed E-state index contributed by atoms with van der Waals surface area (Å²) in [6.45, 7) is 2.64. The second-order valence-electron chi connectivity index (χ2n) is 6.15. The molecule has 3 heterocycles. The minimum absolute atomic E-state index is 0.0994. The molecule has 0 radical (unpaired) electrons. The second-order valence-corrected chi connectivity index (χ2v) is 6.15. The topological polar surface area (TPSA) is 78.8 Å². The lowest BCUT2D eigenvalue weighted by atomic mass is 10.0. The van der Waals surface area contributed by atoms with Gasteiger partial charge in [-0.05, 0) is 12.0 Å². The van der Waals surface area contributed by atoms with Crippen LogP contribution in [0.15, 0.2) is 41.3 Å². The zero-order valence-corrected chi connectivity index (χ0v) is 13.6. The number of hydrogen-bond acceptors (Lipinski definition) is 5. The zero-order valence-electron chi connectivity index (χ0n) is 13.6. The van der Waals surface area contributed by atoms with E-state index in [9.17, 15) is 4.79 Å². The molecule has 2 aromatic heterocycles. The Kier molecular flexibility index (Phi) is 3.78. The van der Waals surface area contributed by atoms with Crippen molar-refractivity contribution >= 4 is 17.0 Å². The van der Waals surface area contributed by atoms with Crippen LogP contribution in [0.5, 0.6) is 0 Å². The largest absolute Gasteiger partial charge is 0.335 e. The number of nitrogens with one attached hydrogen (secondary N) is 2. The van der Waals surface area contributed by atoms with Gasteiger partial charge in [0.2, 0.25) is 5.95 Å². The molecule has 7 nitrogen and oxygen atoms in total. The van der Waals surface area contributed by atoms with Crippen molar-refractivity contribution in [1.82, 2.24) is 25.1 Å². The van der Waals surface area contributed by atoms with Crippen molar-refractivity contribution < 1.29 is 0 Å². The van der Waals surface area contributed by atoms with Crippen LogP contribution in [0.3, 0.4) is 0 Å². The number of aromatic amines is 1. The summed E-state index contributed by atoms with van der Waals surface area (Å²) < 4.78 is 1.43. The van der Waals surface area contributed by atoms with E-state index in [0.29, 0.717) is 17.0 Å². The molecule has 0 aliphatic carbocycles. The minimum Gasteiger partial charge on any atom is -0.335 e. The van der Waals surface area contributed by atoms with Crippen LogP contribution in [0.4, 0.5) is 5.95 Å². The Morgan fingerprint density at radius 3 is 2.96 bits per heavy atom. The molecule has 3 aromatic rings. The maximum absolute atomic E-state index is 11.9. The van der Waals surface area contributed by atoms with Crippen molar-refractivity contribution in [3.8, 4) is 0 Å².